The minimum absolute atomic E-state index is 0.0790. The van der Waals surface area contributed by atoms with Gasteiger partial charge in [-0.05, 0) is 11.5 Å². The molecule has 0 atom stereocenters. The molecule has 0 aliphatic carbocycles. The number of hydrogen-bond acceptors (Lipinski definition) is 4. The van der Waals surface area contributed by atoms with Crippen LogP contribution < -0.4 is 5.32 Å². The predicted octanol–water partition coefficient (Wildman–Crippen LogP) is 2.63. The number of nitrogens with zero attached hydrogens (tertiary/aromatic N) is 1. The number of halogens is 2. The van der Waals surface area contributed by atoms with Crippen LogP contribution in [0.3, 0.4) is 0 Å². The molecule has 112 valence electrons. The first kappa shape index (κ1) is 15.1. The smallest absolute Gasteiger partial charge is 0.354 e. The number of alkyl halides is 2. The second-order valence-corrected chi connectivity index (χ2v) is 4.28. The van der Waals surface area contributed by atoms with E-state index in [0.717, 1.165) is 10.8 Å². The summed E-state index contributed by atoms with van der Waals surface area (Å²) < 4.78 is 28.6. The van der Waals surface area contributed by atoms with E-state index in [0.29, 0.717) is 5.82 Å². The van der Waals surface area contributed by atoms with Crippen molar-refractivity contribution in [2.24, 2.45) is 0 Å². The fourth-order valence-electron chi connectivity index (χ4n) is 1.86. The Morgan fingerprint density at radius 1 is 1.38 bits per heavy atom. The topological polar surface area (TPSA) is 71.5 Å². The average Bonchev–Trinajstić information content (AvgIpc) is 2.46. The number of fused-ring (bicyclic) bond motifs is 1. The molecule has 2 aromatic rings. The van der Waals surface area contributed by atoms with Gasteiger partial charge in [0.15, 0.2) is 5.69 Å². The highest BCUT2D eigenvalue weighted by atomic mass is 19.3. The van der Waals surface area contributed by atoms with Gasteiger partial charge in [0, 0.05) is 11.9 Å². The summed E-state index contributed by atoms with van der Waals surface area (Å²) in [5.41, 5.74) is -0.0790. The lowest BCUT2D eigenvalue weighted by atomic mass is 10.1. The molecule has 21 heavy (non-hydrogen) atoms. The Morgan fingerprint density at radius 3 is 2.86 bits per heavy atom. The third-order valence-electron chi connectivity index (χ3n) is 2.74. The molecule has 0 radical (unpaired) electrons. The maximum atomic E-state index is 11.9. The summed E-state index contributed by atoms with van der Waals surface area (Å²) in [4.78, 5) is 15.1. The standard InChI is InChI=1S/C14H14F2N2O3/c15-12(16)8-21-6-5-17-13-10-4-2-1-3-9(10)7-11(18-13)14(19)20/h1-4,7,12H,5-6,8H2,(H,17,18)(H,19,20). The van der Waals surface area contributed by atoms with E-state index in [9.17, 15) is 13.6 Å². The van der Waals surface area contributed by atoms with Crippen molar-refractivity contribution in [2.75, 3.05) is 25.1 Å². The lowest BCUT2D eigenvalue weighted by Crippen LogP contribution is -2.14. The molecular formula is C14H14F2N2O3. The van der Waals surface area contributed by atoms with Crippen LogP contribution in [0.15, 0.2) is 30.3 Å². The summed E-state index contributed by atoms with van der Waals surface area (Å²) in [7, 11) is 0. The van der Waals surface area contributed by atoms with Gasteiger partial charge >= 0.3 is 5.97 Å². The van der Waals surface area contributed by atoms with E-state index < -0.39 is 19.0 Å². The quantitative estimate of drug-likeness (QED) is 0.769. The average molecular weight is 296 g/mol. The van der Waals surface area contributed by atoms with Crippen LogP contribution in [-0.2, 0) is 4.74 Å². The number of aromatic nitrogens is 1. The van der Waals surface area contributed by atoms with Gasteiger partial charge in [-0.2, -0.15) is 0 Å². The van der Waals surface area contributed by atoms with E-state index in [1.54, 1.807) is 18.2 Å². The van der Waals surface area contributed by atoms with Crippen molar-refractivity contribution in [1.82, 2.24) is 4.98 Å². The first-order valence-electron chi connectivity index (χ1n) is 6.31. The third-order valence-corrected chi connectivity index (χ3v) is 2.74. The first-order valence-corrected chi connectivity index (χ1v) is 6.31. The normalized spacial score (nSPS) is 11.0. The van der Waals surface area contributed by atoms with Gasteiger partial charge in [-0.1, -0.05) is 24.3 Å². The molecule has 5 nitrogen and oxygen atoms in total. The molecule has 2 N–H and O–H groups in total. The van der Waals surface area contributed by atoms with Crippen LogP contribution in [0.1, 0.15) is 10.5 Å². The van der Waals surface area contributed by atoms with Crippen molar-refractivity contribution in [1.29, 1.82) is 0 Å². The van der Waals surface area contributed by atoms with Gasteiger partial charge in [0.05, 0.1) is 6.61 Å². The molecule has 0 unspecified atom stereocenters. The molecule has 1 heterocycles. The summed E-state index contributed by atoms with van der Waals surface area (Å²) in [6.45, 7) is -0.282. The van der Waals surface area contributed by atoms with Crippen LogP contribution in [0.4, 0.5) is 14.6 Å². The Morgan fingerprint density at radius 2 is 2.14 bits per heavy atom. The first-order chi connectivity index (χ1) is 10.1. The second kappa shape index (κ2) is 6.94. The van der Waals surface area contributed by atoms with Gasteiger partial charge in [0.1, 0.15) is 12.4 Å². The SMILES string of the molecule is O=C(O)c1cc2ccccc2c(NCCOCC(F)F)n1. The fourth-order valence-corrected chi connectivity index (χ4v) is 1.86. The minimum Gasteiger partial charge on any atom is -0.477 e. The van der Waals surface area contributed by atoms with Gasteiger partial charge in [0.25, 0.3) is 6.43 Å². The van der Waals surface area contributed by atoms with E-state index in [-0.39, 0.29) is 18.8 Å². The van der Waals surface area contributed by atoms with Crippen molar-refractivity contribution in [2.45, 2.75) is 6.43 Å². The number of pyridine rings is 1. The maximum Gasteiger partial charge on any atom is 0.354 e. The molecule has 2 rings (SSSR count). The summed E-state index contributed by atoms with van der Waals surface area (Å²) >= 11 is 0. The molecule has 0 amide bonds. The monoisotopic (exact) mass is 296 g/mol. The fraction of sp³-hybridized carbons (Fsp3) is 0.286. The number of nitrogens with one attached hydrogen (secondary N) is 1. The number of benzene rings is 1. The molecule has 0 fully saturated rings. The molecule has 0 aliphatic heterocycles. The van der Waals surface area contributed by atoms with Crippen molar-refractivity contribution in [3.63, 3.8) is 0 Å². The Labute approximate surface area is 119 Å². The number of carboxylic acid groups (broad SMARTS) is 1. The number of anilines is 1. The zero-order valence-corrected chi connectivity index (χ0v) is 11.1. The zero-order chi connectivity index (χ0) is 15.2. The van der Waals surface area contributed by atoms with Crippen LogP contribution in [-0.4, -0.2) is 42.2 Å². The summed E-state index contributed by atoms with van der Waals surface area (Å²) in [5.74, 6) is -0.732. The zero-order valence-electron chi connectivity index (χ0n) is 11.1. The number of carbonyl (C=O) groups is 1. The van der Waals surface area contributed by atoms with E-state index in [1.165, 1.54) is 6.07 Å². The van der Waals surface area contributed by atoms with Crippen molar-refractivity contribution >= 4 is 22.6 Å². The minimum atomic E-state index is -2.50. The molecule has 0 bridgehead atoms. The van der Waals surface area contributed by atoms with E-state index in [4.69, 9.17) is 9.84 Å². The molecule has 0 aliphatic rings. The predicted molar refractivity (Wildman–Crippen MR) is 74.0 cm³/mol. The van der Waals surface area contributed by atoms with E-state index >= 15 is 0 Å². The van der Waals surface area contributed by atoms with Gasteiger partial charge < -0.3 is 15.2 Å². The Balaban J connectivity index is 2.12. The molecule has 7 heteroatoms. The number of ether oxygens (including phenoxy) is 1. The molecule has 0 saturated carbocycles. The number of rotatable bonds is 7. The highest BCUT2D eigenvalue weighted by Crippen LogP contribution is 2.22. The Bertz CT molecular complexity index is 635. The van der Waals surface area contributed by atoms with E-state index in [2.05, 4.69) is 10.3 Å². The number of aromatic carboxylic acids is 1. The van der Waals surface area contributed by atoms with Gasteiger partial charge in [-0.15, -0.1) is 0 Å². The second-order valence-electron chi connectivity index (χ2n) is 4.28. The van der Waals surface area contributed by atoms with Gasteiger partial charge in [0.2, 0.25) is 0 Å². The maximum absolute atomic E-state index is 11.9. The highest BCUT2D eigenvalue weighted by molar-refractivity contribution is 5.97. The van der Waals surface area contributed by atoms with Crippen LogP contribution in [0.5, 0.6) is 0 Å². The van der Waals surface area contributed by atoms with Crippen molar-refractivity contribution < 1.29 is 23.4 Å². The highest BCUT2D eigenvalue weighted by Gasteiger charge is 2.10. The Kier molecular flexibility index (Phi) is 4.99. The number of hydrogen-bond donors (Lipinski definition) is 2. The largest absolute Gasteiger partial charge is 0.477 e. The molecule has 1 aromatic heterocycles. The van der Waals surface area contributed by atoms with E-state index in [1.807, 2.05) is 6.07 Å². The van der Waals surface area contributed by atoms with Crippen LogP contribution in [0, 0.1) is 0 Å². The lowest BCUT2D eigenvalue weighted by molar-refractivity contribution is 0.0215. The number of carboxylic acids is 1. The Hall–Kier alpha value is -2.28. The molecule has 0 saturated heterocycles. The van der Waals surface area contributed by atoms with Crippen molar-refractivity contribution in [3.8, 4) is 0 Å². The van der Waals surface area contributed by atoms with Crippen LogP contribution in [0.25, 0.3) is 10.8 Å². The van der Waals surface area contributed by atoms with Crippen LogP contribution in [0.2, 0.25) is 0 Å². The third kappa shape index (κ3) is 4.09. The summed E-state index contributed by atoms with van der Waals surface area (Å²) in [6, 6.07) is 8.67. The van der Waals surface area contributed by atoms with Gasteiger partial charge in [-0.3, -0.25) is 0 Å². The van der Waals surface area contributed by atoms with Crippen LogP contribution >= 0.6 is 0 Å². The van der Waals surface area contributed by atoms with Crippen molar-refractivity contribution in [3.05, 3.63) is 36.0 Å². The molecule has 0 spiro atoms. The summed E-state index contributed by atoms with van der Waals surface area (Å²) in [6.07, 6.45) is -2.50. The molecular weight excluding hydrogens is 282 g/mol. The lowest BCUT2D eigenvalue weighted by Gasteiger charge is -2.10. The molecule has 1 aromatic carbocycles. The summed E-state index contributed by atoms with van der Waals surface area (Å²) in [5, 5.41) is 13.5. The van der Waals surface area contributed by atoms with Gasteiger partial charge in [-0.25, -0.2) is 18.6 Å².